The summed E-state index contributed by atoms with van der Waals surface area (Å²) in [5.74, 6) is 17.4. The van der Waals surface area contributed by atoms with E-state index in [4.69, 9.17) is 28.4 Å². The second-order valence-electron chi connectivity index (χ2n) is 53.4. The smallest absolute Gasteiger partial charge is 0.312 e. The molecule has 728 valence electrons. The Morgan fingerprint density at radius 2 is 0.591 bits per heavy atom. The summed E-state index contributed by atoms with van der Waals surface area (Å²) in [5, 5.41) is 0. The topological polar surface area (TPSA) is 158 Å². The van der Waals surface area contributed by atoms with E-state index in [1.54, 1.807) is 0 Å². The molecule has 0 heterocycles. The number of rotatable bonds is 28. The molecule has 12 nitrogen and oxygen atoms in total. The molecule has 127 heavy (non-hydrogen) atoms. The van der Waals surface area contributed by atoms with Crippen molar-refractivity contribution in [2.75, 3.05) is 0 Å². The Labute approximate surface area is 778 Å². The number of hydrogen-bond donors (Lipinski definition) is 0. The van der Waals surface area contributed by atoms with Gasteiger partial charge < -0.3 is 28.4 Å². The molecule has 3 atom stereocenters. The number of hydrogen-bond acceptors (Lipinski definition) is 12. The van der Waals surface area contributed by atoms with Gasteiger partial charge in [0.15, 0.2) is 0 Å². The zero-order valence-electron chi connectivity index (χ0n) is 87.4. The van der Waals surface area contributed by atoms with Gasteiger partial charge in [-0.25, -0.2) is 0 Å². The maximum absolute atomic E-state index is 12.9. The molecule has 22 saturated carbocycles. The van der Waals surface area contributed by atoms with Crippen molar-refractivity contribution in [3.63, 3.8) is 0 Å². The third kappa shape index (κ3) is 20.9. The van der Waals surface area contributed by atoms with Gasteiger partial charge in [0.25, 0.3) is 0 Å². The Morgan fingerprint density at radius 3 is 0.921 bits per heavy atom. The number of carbonyl (C=O) groups is 6. The lowest BCUT2D eigenvalue weighted by Gasteiger charge is -2.62. The van der Waals surface area contributed by atoms with Crippen LogP contribution >= 0.6 is 0 Å². The Kier molecular flexibility index (Phi) is 31.7. The van der Waals surface area contributed by atoms with Crippen LogP contribution < -0.4 is 0 Å². The summed E-state index contributed by atoms with van der Waals surface area (Å²) >= 11 is 0. The van der Waals surface area contributed by atoms with Gasteiger partial charge in [-0.1, -0.05) is 115 Å². The van der Waals surface area contributed by atoms with Crippen LogP contribution in [0.5, 0.6) is 0 Å². The molecule has 0 radical (unpaired) electrons. The van der Waals surface area contributed by atoms with Crippen LogP contribution in [0, 0.1) is 174 Å². The zero-order valence-corrected chi connectivity index (χ0v) is 87.4. The zero-order chi connectivity index (χ0) is 93.2. The predicted molar refractivity (Wildman–Crippen MR) is 516 cm³/mol. The van der Waals surface area contributed by atoms with Crippen LogP contribution in [-0.2, 0) is 57.2 Å². The van der Waals surface area contributed by atoms with Crippen LogP contribution in [0.15, 0.2) is 0 Å². The molecule has 3 unspecified atom stereocenters. The number of esters is 6. The average molecular weight is 1770 g/mol. The largest absolute Gasteiger partial charge is 0.459 e. The van der Waals surface area contributed by atoms with Crippen molar-refractivity contribution in [2.24, 2.45) is 174 Å². The first-order valence-electron chi connectivity index (χ1n) is 54.7. The van der Waals surface area contributed by atoms with Crippen LogP contribution in [0.3, 0.4) is 0 Å². The molecule has 0 aromatic carbocycles. The van der Waals surface area contributed by atoms with Crippen molar-refractivity contribution in [1.29, 1.82) is 0 Å². The summed E-state index contributed by atoms with van der Waals surface area (Å²) in [7, 11) is 0. The van der Waals surface area contributed by atoms with E-state index in [1.165, 1.54) is 225 Å². The van der Waals surface area contributed by atoms with E-state index in [0.29, 0.717) is 53.3 Å². The fourth-order valence-corrected chi connectivity index (χ4v) is 31.6. The molecule has 22 aliphatic rings. The number of unbranched alkanes of at least 4 members (excludes halogenated alkanes) is 2. The molecule has 22 rings (SSSR count). The van der Waals surface area contributed by atoms with Crippen molar-refractivity contribution >= 4 is 35.8 Å². The van der Waals surface area contributed by atoms with E-state index in [9.17, 15) is 28.8 Å². The van der Waals surface area contributed by atoms with Gasteiger partial charge in [-0.05, 0) is 498 Å². The molecular formula is C115H196O12. The molecule has 22 fully saturated rings. The van der Waals surface area contributed by atoms with Crippen LogP contribution in [0.25, 0.3) is 0 Å². The van der Waals surface area contributed by atoms with Crippen LogP contribution in [0.2, 0.25) is 0 Å². The number of fused-ring (bicyclic) bond motifs is 2. The standard InChI is InChI=1S/C22H38O2.C20H34O2.C19H32O2.C19H34O2.C18H30O2.C17H28O2/c1-6-8-9-21(5,24-19(23)20(3,4)7-2)22-13-16-10-17(14-22)12-18(11-16)15-22;1-5-7-8-20(22-18(21)19(3,4)6-2)16-10-14-9-15(12-16)13-17(20)11-14;1-6-18(4,5)17(20)21-19(12(2)3)15-8-13-7-14(10-15)11-16(19)9-13;1-7-17(2,3)16(20)21-18(4,5)19(6)12-14-9-8-10-15(11-14)13-19;1-5-17(3,4)16(19)20-18(6-2)14-8-12-7-13(10-14)11-15(18)9-12;1-5-16(2,3)15(18)19-17(4)13-7-11-6-12(9-13)10-14(17)8-11/h16-18H,6-15H2,1-5H3;14-17H,5-13H2,1-4H3;12-16H,6-11H2,1-5H3;14-15H,7-13H2,1-6H3;12-15H,5-11H2,1-4H3;11-14H,5-10H2,1-4H3. The van der Waals surface area contributed by atoms with Gasteiger partial charge in [-0.3, -0.25) is 28.8 Å². The van der Waals surface area contributed by atoms with Crippen molar-refractivity contribution in [3.8, 4) is 0 Å². The van der Waals surface area contributed by atoms with E-state index in [2.05, 4.69) is 111 Å². The molecule has 12 heteroatoms. The first kappa shape index (κ1) is 103. The van der Waals surface area contributed by atoms with Gasteiger partial charge in [-0.15, -0.1) is 0 Å². The molecule has 0 N–H and O–H groups in total. The highest BCUT2D eigenvalue weighted by Gasteiger charge is 2.66. The molecule has 0 aromatic rings. The molecule has 0 spiro atoms. The minimum atomic E-state index is -0.377. The summed E-state index contributed by atoms with van der Waals surface area (Å²) in [6.07, 6.45) is 55.8. The molecule has 0 amide bonds. The van der Waals surface area contributed by atoms with Gasteiger partial charge >= 0.3 is 35.8 Å². The maximum atomic E-state index is 12.9. The van der Waals surface area contributed by atoms with E-state index in [1.807, 2.05) is 83.1 Å². The lowest BCUT2D eigenvalue weighted by Crippen LogP contribution is -2.63. The average Bonchev–Trinajstić information content (AvgIpc) is 0.724. The minimum absolute atomic E-state index is 0.0185. The summed E-state index contributed by atoms with van der Waals surface area (Å²) in [5.41, 5.74) is -2.94. The molecule has 22 bridgehead atoms. The quantitative estimate of drug-likeness (QED) is 0.0540. The number of ether oxygens (including phenoxy) is 6. The molecular weight excluding hydrogens is 1570 g/mol. The molecule has 0 saturated heterocycles. The van der Waals surface area contributed by atoms with Crippen molar-refractivity contribution < 1.29 is 57.2 Å². The van der Waals surface area contributed by atoms with E-state index in [-0.39, 0.29) is 113 Å². The highest BCUT2D eigenvalue weighted by atomic mass is 16.6. The highest BCUT2D eigenvalue weighted by Crippen LogP contribution is 2.69. The van der Waals surface area contributed by atoms with Crippen LogP contribution in [0.4, 0.5) is 0 Å². The predicted octanol–water partition coefficient (Wildman–Crippen LogP) is 30.4. The molecule has 0 aromatic heterocycles. The summed E-state index contributed by atoms with van der Waals surface area (Å²) in [6, 6.07) is 0. The fraction of sp³-hybridized carbons (Fsp3) is 0.948. The Bertz CT molecular complexity index is 3560. The lowest BCUT2D eigenvalue weighted by atomic mass is 9.45. The maximum Gasteiger partial charge on any atom is 0.312 e. The van der Waals surface area contributed by atoms with E-state index >= 15 is 0 Å². The Morgan fingerprint density at radius 1 is 0.307 bits per heavy atom. The van der Waals surface area contributed by atoms with Crippen LogP contribution in [0.1, 0.15) is 483 Å². The second-order valence-corrected chi connectivity index (χ2v) is 53.4. The molecule has 22 aliphatic carbocycles. The van der Waals surface area contributed by atoms with Crippen molar-refractivity contribution in [2.45, 2.75) is 516 Å². The monoisotopic (exact) mass is 1770 g/mol. The van der Waals surface area contributed by atoms with Gasteiger partial charge in [0.05, 0.1) is 32.5 Å². The highest BCUT2D eigenvalue weighted by molar-refractivity contribution is 5.79. The summed E-state index contributed by atoms with van der Waals surface area (Å²) < 4.78 is 37.7. The van der Waals surface area contributed by atoms with Gasteiger partial charge in [0.1, 0.15) is 33.6 Å². The summed E-state index contributed by atoms with van der Waals surface area (Å²) in [4.78, 5) is 76.2. The second kappa shape index (κ2) is 39.1. The van der Waals surface area contributed by atoms with Gasteiger partial charge in [-0.2, -0.15) is 0 Å². The summed E-state index contributed by atoms with van der Waals surface area (Å²) in [6.45, 7) is 59.1. The van der Waals surface area contributed by atoms with Gasteiger partial charge in [0.2, 0.25) is 0 Å². The Hall–Kier alpha value is -3.18. The first-order chi connectivity index (χ1) is 59.3. The Balaban J connectivity index is 0.000000139. The third-order valence-electron chi connectivity index (χ3n) is 42.0. The van der Waals surface area contributed by atoms with Crippen LogP contribution in [-0.4, -0.2) is 69.4 Å². The van der Waals surface area contributed by atoms with E-state index in [0.717, 1.165) is 141 Å². The van der Waals surface area contributed by atoms with Gasteiger partial charge in [0, 0.05) is 10.8 Å². The van der Waals surface area contributed by atoms with E-state index < -0.39 is 0 Å². The number of carbonyl (C=O) groups excluding carboxylic acids is 6. The minimum Gasteiger partial charge on any atom is -0.459 e. The third-order valence-corrected chi connectivity index (χ3v) is 42.0. The SMILES string of the molecule is CCC(C)(C)C(=O)OC(C)(C)C1(C)CC2CCCC(C2)C1.CCC(C)(C)C(=O)OC1(C(C)C)C2CC3CC(C2)CC1C3.CCC(C)(C)C(=O)OC1(C)C2CC3CC(C2)CC1C3.CCC(C)(C)C(=O)OC1(CC)C2CC3CC(C2)CC1C3.CCCCC(C)(OC(=O)C(C)(C)CC)C12CC3CC(CC(C3)C1)C2.CCCCC1(OC(=O)C(C)(C)CC)C2CC3CC(C2)CC1C3. The molecule has 0 aliphatic heterocycles. The van der Waals surface area contributed by atoms with Crippen molar-refractivity contribution in [1.82, 2.24) is 0 Å². The fourth-order valence-electron chi connectivity index (χ4n) is 31.6. The lowest BCUT2D eigenvalue weighted by molar-refractivity contribution is -0.231. The first-order valence-corrected chi connectivity index (χ1v) is 54.7. The van der Waals surface area contributed by atoms with Crippen molar-refractivity contribution in [3.05, 3.63) is 0 Å². The normalized spacial score (nSPS) is 39.8.